The molecular weight excluding hydrogens is 273 g/mol. The Morgan fingerprint density at radius 1 is 1.26 bits per heavy atom. The number of hydrogen-bond acceptors (Lipinski definition) is 3. The Kier molecular flexibility index (Phi) is 3.71. The average Bonchev–Trinajstić information content (AvgIpc) is 2.80. The summed E-state index contributed by atoms with van der Waals surface area (Å²) in [5.74, 6) is 0. The van der Waals surface area contributed by atoms with Crippen LogP contribution in [0, 0.1) is 0 Å². The number of halogens is 3. The van der Waals surface area contributed by atoms with Crippen LogP contribution in [-0.4, -0.2) is 7.05 Å². The first kappa shape index (κ1) is 13.7. The normalized spacial score (nSPS) is 11.6. The number of nitrogens with two attached hydrogens (primary N) is 1. The summed E-state index contributed by atoms with van der Waals surface area (Å²) < 4.78 is 37.6. The summed E-state index contributed by atoms with van der Waals surface area (Å²) in [5, 5.41) is 1.96. The first-order chi connectivity index (χ1) is 8.88. The van der Waals surface area contributed by atoms with Crippen molar-refractivity contribution in [1.29, 1.82) is 0 Å². The van der Waals surface area contributed by atoms with Gasteiger partial charge in [0.1, 0.15) is 0 Å². The standard InChI is InChI=1S/C13H13F3N2S/c1-18(8-10-3-2-6-19-10)12-5-4-9(7-11(12)17)13(14,15)16/h2-7H,8,17H2,1H3. The molecule has 2 aromatic rings. The van der Waals surface area contributed by atoms with Crippen molar-refractivity contribution < 1.29 is 13.2 Å². The lowest BCUT2D eigenvalue weighted by Gasteiger charge is -2.21. The molecule has 2 nitrogen and oxygen atoms in total. The molecule has 6 heteroatoms. The molecule has 0 unspecified atom stereocenters. The molecule has 102 valence electrons. The maximum atomic E-state index is 12.5. The van der Waals surface area contributed by atoms with Crippen LogP contribution in [0.25, 0.3) is 0 Å². The second-order valence-corrected chi connectivity index (χ2v) is 5.24. The van der Waals surface area contributed by atoms with Gasteiger partial charge in [-0.1, -0.05) is 6.07 Å². The molecule has 0 amide bonds. The Labute approximate surface area is 113 Å². The number of nitrogens with zero attached hydrogens (tertiary/aromatic N) is 1. The number of benzene rings is 1. The summed E-state index contributed by atoms with van der Waals surface area (Å²) in [7, 11) is 1.80. The van der Waals surface area contributed by atoms with Gasteiger partial charge < -0.3 is 10.6 Å². The third-order valence-corrected chi connectivity index (χ3v) is 3.60. The van der Waals surface area contributed by atoms with Crippen LogP contribution in [0.2, 0.25) is 0 Å². The minimum atomic E-state index is -4.36. The predicted octanol–water partition coefficient (Wildman–Crippen LogP) is 3.99. The van der Waals surface area contributed by atoms with E-state index in [9.17, 15) is 13.2 Å². The Bertz CT molecular complexity index is 550. The van der Waals surface area contributed by atoms with Crippen LogP contribution in [-0.2, 0) is 12.7 Å². The van der Waals surface area contributed by atoms with E-state index >= 15 is 0 Å². The summed E-state index contributed by atoms with van der Waals surface area (Å²) in [6, 6.07) is 7.34. The first-order valence-corrected chi connectivity index (χ1v) is 6.46. The van der Waals surface area contributed by atoms with E-state index in [0.717, 1.165) is 17.0 Å². The molecule has 0 bridgehead atoms. The van der Waals surface area contributed by atoms with Gasteiger partial charge in [0, 0.05) is 11.9 Å². The van der Waals surface area contributed by atoms with Crippen molar-refractivity contribution >= 4 is 22.7 Å². The zero-order chi connectivity index (χ0) is 14.0. The Morgan fingerprint density at radius 3 is 2.53 bits per heavy atom. The summed E-state index contributed by atoms with van der Waals surface area (Å²) in [6.45, 7) is 0.618. The number of hydrogen-bond donors (Lipinski definition) is 1. The Hall–Kier alpha value is -1.69. The molecule has 2 N–H and O–H groups in total. The Balaban J connectivity index is 2.21. The van der Waals surface area contributed by atoms with Crippen molar-refractivity contribution in [3.63, 3.8) is 0 Å². The molecule has 0 saturated carbocycles. The highest BCUT2D eigenvalue weighted by atomic mass is 32.1. The molecule has 0 fully saturated rings. The summed E-state index contributed by atoms with van der Waals surface area (Å²) in [4.78, 5) is 2.96. The molecule has 2 rings (SSSR count). The van der Waals surface area contributed by atoms with Gasteiger partial charge in [-0.15, -0.1) is 11.3 Å². The van der Waals surface area contributed by atoms with Crippen molar-refractivity contribution in [2.24, 2.45) is 0 Å². The van der Waals surface area contributed by atoms with Gasteiger partial charge in [-0.05, 0) is 29.6 Å². The number of rotatable bonds is 3. The van der Waals surface area contributed by atoms with Gasteiger partial charge in [0.25, 0.3) is 0 Å². The topological polar surface area (TPSA) is 29.3 Å². The third kappa shape index (κ3) is 3.20. The van der Waals surface area contributed by atoms with Crippen LogP contribution in [0.4, 0.5) is 24.5 Å². The molecule has 0 aliphatic carbocycles. The molecule has 0 saturated heterocycles. The first-order valence-electron chi connectivity index (χ1n) is 5.58. The van der Waals surface area contributed by atoms with E-state index in [1.165, 1.54) is 6.07 Å². The molecule has 0 aliphatic heterocycles. The van der Waals surface area contributed by atoms with Crippen LogP contribution in [0.5, 0.6) is 0 Å². The molecule has 0 radical (unpaired) electrons. The Morgan fingerprint density at radius 2 is 2.00 bits per heavy atom. The molecular formula is C13H13F3N2S. The fourth-order valence-electron chi connectivity index (χ4n) is 1.80. The zero-order valence-corrected chi connectivity index (χ0v) is 11.1. The van der Waals surface area contributed by atoms with Crippen LogP contribution in [0.3, 0.4) is 0 Å². The average molecular weight is 286 g/mol. The highest BCUT2D eigenvalue weighted by Gasteiger charge is 2.31. The van der Waals surface area contributed by atoms with E-state index in [0.29, 0.717) is 12.2 Å². The largest absolute Gasteiger partial charge is 0.416 e. The summed E-state index contributed by atoms with van der Waals surface area (Å²) >= 11 is 1.60. The van der Waals surface area contributed by atoms with Crippen molar-refractivity contribution in [1.82, 2.24) is 0 Å². The van der Waals surface area contributed by atoms with Crippen molar-refractivity contribution in [2.75, 3.05) is 17.7 Å². The van der Waals surface area contributed by atoms with Crippen LogP contribution in [0.15, 0.2) is 35.7 Å². The highest BCUT2D eigenvalue weighted by molar-refractivity contribution is 7.09. The van der Waals surface area contributed by atoms with E-state index in [1.807, 2.05) is 22.4 Å². The van der Waals surface area contributed by atoms with E-state index < -0.39 is 11.7 Å². The zero-order valence-electron chi connectivity index (χ0n) is 10.2. The molecule has 1 aromatic heterocycles. The molecule has 1 aromatic carbocycles. The second-order valence-electron chi connectivity index (χ2n) is 4.21. The number of nitrogen functional groups attached to an aromatic ring is 1. The van der Waals surface area contributed by atoms with Gasteiger partial charge in [-0.3, -0.25) is 0 Å². The van der Waals surface area contributed by atoms with Gasteiger partial charge in [-0.2, -0.15) is 13.2 Å². The lowest BCUT2D eigenvalue weighted by Crippen LogP contribution is -2.17. The van der Waals surface area contributed by atoms with Gasteiger partial charge in [0.05, 0.1) is 23.5 Å². The summed E-state index contributed by atoms with van der Waals surface area (Å²) in [6.07, 6.45) is -4.36. The third-order valence-electron chi connectivity index (χ3n) is 2.74. The quantitative estimate of drug-likeness (QED) is 0.865. The number of thiophene rings is 1. The van der Waals surface area contributed by atoms with E-state index in [-0.39, 0.29) is 5.69 Å². The van der Waals surface area contributed by atoms with E-state index in [4.69, 9.17) is 5.73 Å². The molecule has 19 heavy (non-hydrogen) atoms. The molecule has 0 spiro atoms. The lowest BCUT2D eigenvalue weighted by atomic mass is 10.1. The molecule has 1 heterocycles. The number of anilines is 2. The predicted molar refractivity (Wildman–Crippen MR) is 72.3 cm³/mol. The maximum Gasteiger partial charge on any atom is 0.416 e. The molecule has 0 aliphatic rings. The van der Waals surface area contributed by atoms with E-state index in [1.54, 1.807) is 18.4 Å². The van der Waals surface area contributed by atoms with Gasteiger partial charge in [-0.25, -0.2) is 0 Å². The van der Waals surface area contributed by atoms with Crippen molar-refractivity contribution in [3.05, 3.63) is 46.2 Å². The summed E-state index contributed by atoms with van der Waals surface area (Å²) in [5.41, 5.74) is 5.72. The van der Waals surface area contributed by atoms with Crippen LogP contribution in [0.1, 0.15) is 10.4 Å². The van der Waals surface area contributed by atoms with Gasteiger partial charge >= 0.3 is 6.18 Å². The fourth-order valence-corrected chi connectivity index (χ4v) is 2.56. The smallest absolute Gasteiger partial charge is 0.397 e. The van der Waals surface area contributed by atoms with Gasteiger partial charge in [0.15, 0.2) is 0 Å². The van der Waals surface area contributed by atoms with E-state index in [2.05, 4.69) is 0 Å². The fraction of sp³-hybridized carbons (Fsp3) is 0.231. The minimum absolute atomic E-state index is 0.133. The number of alkyl halides is 3. The highest BCUT2D eigenvalue weighted by Crippen LogP contribution is 2.34. The van der Waals surface area contributed by atoms with Crippen LogP contribution >= 0.6 is 11.3 Å². The maximum absolute atomic E-state index is 12.5. The minimum Gasteiger partial charge on any atom is -0.397 e. The SMILES string of the molecule is CN(Cc1cccs1)c1ccc(C(F)(F)F)cc1N. The molecule has 0 atom stereocenters. The van der Waals surface area contributed by atoms with Gasteiger partial charge in [0.2, 0.25) is 0 Å². The van der Waals surface area contributed by atoms with Crippen molar-refractivity contribution in [3.8, 4) is 0 Å². The second kappa shape index (κ2) is 5.13. The lowest BCUT2D eigenvalue weighted by molar-refractivity contribution is -0.137. The van der Waals surface area contributed by atoms with Crippen molar-refractivity contribution in [2.45, 2.75) is 12.7 Å². The van der Waals surface area contributed by atoms with Crippen LogP contribution < -0.4 is 10.6 Å². The monoisotopic (exact) mass is 286 g/mol.